The second-order valence-corrected chi connectivity index (χ2v) is 7.17. The van der Waals surface area contributed by atoms with Crippen molar-refractivity contribution in [2.45, 2.75) is 18.9 Å². The van der Waals surface area contributed by atoms with Gasteiger partial charge in [-0.3, -0.25) is 9.78 Å². The molecule has 1 aliphatic heterocycles. The smallest absolute Gasteiger partial charge is 0.222 e. The molecule has 1 saturated heterocycles. The van der Waals surface area contributed by atoms with Gasteiger partial charge >= 0.3 is 0 Å². The van der Waals surface area contributed by atoms with Crippen molar-refractivity contribution >= 4 is 23.4 Å². The lowest BCUT2D eigenvalue weighted by atomic mass is 10.0. The number of carbonyl (C=O) groups excluding carboxylic acids is 1. The highest BCUT2D eigenvalue weighted by Gasteiger charge is 2.21. The van der Waals surface area contributed by atoms with Gasteiger partial charge in [0, 0.05) is 29.3 Å². The fourth-order valence-electron chi connectivity index (χ4n) is 3.68. The van der Waals surface area contributed by atoms with Crippen molar-refractivity contribution in [3.05, 3.63) is 59.4 Å². The average molecular weight is 401 g/mol. The van der Waals surface area contributed by atoms with Crippen LogP contribution in [0, 0.1) is 0 Å². The molecule has 1 aliphatic rings. The van der Waals surface area contributed by atoms with Crippen molar-refractivity contribution in [2.24, 2.45) is 0 Å². The molecule has 9 nitrogen and oxygen atoms in total. The average Bonchev–Trinajstić information content (AvgIpc) is 3.45. The van der Waals surface area contributed by atoms with E-state index in [2.05, 4.69) is 20.3 Å². The van der Waals surface area contributed by atoms with E-state index in [-0.39, 0.29) is 18.4 Å². The summed E-state index contributed by atoms with van der Waals surface area (Å²) >= 11 is 0. The molecule has 0 spiro atoms. The van der Waals surface area contributed by atoms with Crippen LogP contribution in [-0.2, 0) is 11.3 Å². The Balaban J connectivity index is 1.57. The van der Waals surface area contributed by atoms with Crippen molar-refractivity contribution in [1.82, 2.24) is 29.9 Å². The lowest BCUT2D eigenvalue weighted by Gasteiger charge is -2.11. The fourth-order valence-corrected chi connectivity index (χ4v) is 3.68. The van der Waals surface area contributed by atoms with E-state index in [1.54, 1.807) is 10.7 Å². The second-order valence-electron chi connectivity index (χ2n) is 7.17. The number of anilines is 1. The lowest BCUT2D eigenvalue weighted by molar-refractivity contribution is 0.112. The molecule has 9 heteroatoms. The van der Waals surface area contributed by atoms with Gasteiger partial charge in [0.15, 0.2) is 17.5 Å². The SMILES string of the molecule is Nc1nc(-c2ccccc2)c2nnn(Cc3nc([C@@H]4CCOC4)ccc3C=O)c2n1. The monoisotopic (exact) mass is 401 g/mol. The van der Waals surface area contributed by atoms with Crippen LogP contribution in [0.3, 0.4) is 0 Å². The van der Waals surface area contributed by atoms with Gasteiger partial charge in [0.05, 0.1) is 18.8 Å². The van der Waals surface area contributed by atoms with Crippen LogP contribution in [0.5, 0.6) is 0 Å². The summed E-state index contributed by atoms with van der Waals surface area (Å²) < 4.78 is 7.07. The molecule has 4 aromatic rings. The van der Waals surface area contributed by atoms with E-state index < -0.39 is 0 Å². The van der Waals surface area contributed by atoms with Crippen molar-refractivity contribution in [3.63, 3.8) is 0 Å². The van der Waals surface area contributed by atoms with Crippen molar-refractivity contribution in [1.29, 1.82) is 0 Å². The van der Waals surface area contributed by atoms with Gasteiger partial charge in [-0.15, -0.1) is 5.10 Å². The van der Waals surface area contributed by atoms with Crippen LogP contribution in [0.4, 0.5) is 5.95 Å². The molecule has 150 valence electrons. The Labute approximate surface area is 171 Å². The molecule has 3 aromatic heterocycles. The normalized spacial score (nSPS) is 16.2. The van der Waals surface area contributed by atoms with Gasteiger partial charge in [-0.1, -0.05) is 35.5 Å². The van der Waals surface area contributed by atoms with Crippen molar-refractivity contribution < 1.29 is 9.53 Å². The number of aromatic nitrogens is 6. The molecule has 5 rings (SSSR count). The van der Waals surface area contributed by atoms with Gasteiger partial charge in [-0.25, -0.2) is 9.67 Å². The van der Waals surface area contributed by atoms with Crippen LogP contribution in [0.25, 0.3) is 22.4 Å². The van der Waals surface area contributed by atoms with Crippen molar-refractivity contribution in [2.75, 3.05) is 18.9 Å². The van der Waals surface area contributed by atoms with Crippen LogP contribution in [-0.4, -0.2) is 49.4 Å². The van der Waals surface area contributed by atoms with Crippen LogP contribution >= 0.6 is 0 Å². The molecule has 0 amide bonds. The number of aldehydes is 1. The minimum Gasteiger partial charge on any atom is -0.381 e. The van der Waals surface area contributed by atoms with Gasteiger partial charge in [0.1, 0.15) is 5.69 Å². The molecule has 0 saturated carbocycles. The van der Waals surface area contributed by atoms with Crippen LogP contribution in [0.2, 0.25) is 0 Å². The van der Waals surface area contributed by atoms with E-state index in [9.17, 15) is 4.79 Å². The minimum atomic E-state index is 0.130. The zero-order chi connectivity index (χ0) is 20.5. The number of ether oxygens (including phenoxy) is 1. The Hall–Kier alpha value is -3.72. The summed E-state index contributed by atoms with van der Waals surface area (Å²) in [5.41, 5.74) is 10.5. The van der Waals surface area contributed by atoms with Gasteiger partial charge in [-0.2, -0.15) is 4.98 Å². The molecule has 1 fully saturated rings. The number of hydrogen-bond acceptors (Lipinski definition) is 8. The summed E-state index contributed by atoms with van der Waals surface area (Å²) in [4.78, 5) is 25.0. The van der Waals surface area contributed by atoms with Gasteiger partial charge < -0.3 is 10.5 Å². The Morgan fingerprint density at radius 2 is 2.00 bits per heavy atom. The molecule has 0 aliphatic carbocycles. The molecule has 0 bridgehead atoms. The van der Waals surface area contributed by atoms with E-state index >= 15 is 0 Å². The maximum Gasteiger partial charge on any atom is 0.222 e. The first kappa shape index (κ1) is 18.3. The first-order chi connectivity index (χ1) is 14.7. The summed E-state index contributed by atoms with van der Waals surface area (Å²) in [6.07, 6.45) is 1.72. The molecule has 30 heavy (non-hydrogen) atoms. The molecular formula is C21H19N7O2. The summed E-state index contributed by atoms with van der Waals surface area (Å²) in [7, 11) is 0. The Bertz CT molecular complexity index is 1220. The van der Waals surface area contributed by atoms with E-state index in [4.69, 9.17) is 15.5 Å². The van der Waals surface area contributed by atoms with Crippen LogP contribution in [0.1, 0.15) is 34.1 Å². The Morgan fingerprint density at radius 3 is 2.77 bits per heavy atom. The standard InChI is InChI=1S/C21H19N7O2/c22-21-24-18(13-4-2-1-3-5-13)19-20(25-21)28(27-26-19)10-17-14(11-29)6-7-16(23-17)15-8-9-30-12-15/h1-7,11,15H,8-10,12H2,(H2,22,24,25)/t15-/m1/s1. The quantitative estimate of drug-likeness (QED) is 0.505. The molecular weight excluding hydrogens is 382 g/mol. The maximum atomic E-state index is 11.6. The summed E-state index contributed by atoms with van der Waals surface area (Å²) in [5, 5.41) is 8.53. The fraction of sp³-hybridized carbons (Fsp3) is 0.238. The lowest BCUT2D eigenvalue weighted by Crippen LogP contribution is -2.11. The number of benzene rings is 1. The van der Waals surface area contributed by atoms with Crippen LogP contribution < -0.4 is 5.73 Å². The Kier molecular flexibility index (Phi) is 4.64. The number of pyridine rings is 1. The number of rotatable bonds is 5. The van der Waals surface area contributed by atoms with E-state index in [0.29, 0.717) is 34.7 Å². The molecule has 1 atom stereocenters. The zero-order valence-corrected chi connectivity index (χ0v) is 16.1. The third kappa shape index (κ3) is 3.29. The molecule has 0 radical (unpaired) electrons. The predicted molar refractivity (Wildman–Crippen MR) is 110 cm³/mol. The van der Waals surface area contributed by atoms with Gasteiger partial charge in [0.25, 0.3) is 0 Å². The highest BCUT2D eigenvalue weighted by molar-refractivity contribution is 5.87. The molecule has 4 heterocycles. The zero-order valence-electron chi connectivity index (χ0n) is 16.1. The highest BCUT2D eigenvalue weighted by atomic mass is 16.5. The van der Waals surface area contributed by atoms with Crippen molar-refractivity contribution in [3.8, 4) is 11.3 Å². The van der Waals surface area contributed by atoms with Crippen LogP contribution in [0.15, 0.2) is 42.5 Å². The third-order valence-corrected chi connectivity index (χ3v) is 5.23. The van der Waals surface area contributed by atoms with E-state index in [0.717, 1.165) is 30.6 Å². The third-order valence-electron chi connectivity index (χ3n) is 5.23. The maximum absolute atomic E-state index is 11.6. The molecule has 1 aromatic carbocycles. The number of nitrogens with zero attached hydrogens (tertiary/aromatic N) is 6. The second kappa shape index (κ2) is 7.60. The number of fused-ring (bicyclic) bond motifs is 1. The molecule has 2 N–H and O–H groups in total. The topological polar surface area (TPSA) is 122 Å². The summed E-state index contributed by atoms with van der Waals surface area (Å²) in [5.74, 6) is 0.366. The first-order valence-electron chi connectivity index (χ1n) is 9.68. The molecule has 0 unspecified atom stereocenters. The predicted octanol–water partition coefficient (Wildman–Crippen LogP) is 2.23. The van der Waals surface area contributed by atoms with Gasteiger partial charge in [-0.05, 0) is 18.6 Å². The number of nitrogen functional groups attached to an aromatic ring is 1. The highest BCUT2D eigenvalue weighted by Crippen LogP contribution is 2.27. The summed E-state index contributed by atoms with van der Waals surface area (Å²) in [6.45, 7) is 1.61. The van der Waals surface area contributed by atoms with E-state index in [1.165, 1.54) is 0 Å². The van der Waals surface area contributed by atoms with Gasteiger partial charge in [0.2, 0.25) is 5.95 Å². The number of hydrogen-bond donors (Lipinski definition) is 1. The van der Waals surface area contributed by atoms with E-state index in [1.807, 2.05) is 36.4 Å². The first-order valence-corrected chi connectivity index (χ1v) is 9.68. The largest absolute Gasteiger partial charge is 0.381 e. The number of nitrogens with two attached hydrogens (primary N) is 1. The Morgan fingerprint density at radius 1 is 1.13 bits per heavy atom. The number of carbonyl (C=O) groups is 1. The summed E-state index contributed by atoms with van der Waals surface area (Å²) in [6, 6.07) is 13.3. The minimum absolute atomic E-state index is 0.130.